The van der Waals surface area contributed by atoms with Gasteiger partial charge in [0.15, 0.2) is 6.61 Å². The fraction of sp³-hybridized carbons (Fsp3) is 0.222. The van der Waals surface area contributed by atoms with Gasteiger partial charge in [-0.15, -0.1) is 0 Å². The van der Waals surface area contributed by atoms with Crippen molar-refractivity contribution in [3.05, 3.63) is 53.8 Å². The maximum Gasteiger partial charge on any atom is 0.341 e. The molecule has 0 radical (unpaired) electrons. The molecule has 0 aliphatic rings. The zero-order chi connectivity index (χ0) is 20.9. The molecule has 0 atom stereocenters. The number of nitrogens with one attached hydrogen (secondary N) is 1. The summed E-state index contributed by atoms with van der Waals surface area (Å²) >= 11 is 0. The van der Waals surface area contributed by atoms with E-state index in [1.807, 2.05) is 0 Å². The second kappa shape index (κ2) is 8.81. The molecule has 0 fully saturated rings. The van der Waals surface area contributed by atoms with Crippen molar-refractivity contribution in [2.24, 2.45) is 0 Å². The maximum atomic E-state index is 13.9. The molecule has 8 nitrogen and oxygen atoms in total. The van der Waals surface area contributed by atoms with E-state index < -0.39 is 39.9 Å². The van der Waals surface area contributed by atoms with Crippen molar-refractivity contribution in [3.8, 4) is 5.75 Å². The predicted octanol–water partition coefficient (Wildman–Crippen LogP) is 1.88. The molecule has 0 spiro atoms. The topological polar surface area (TPSA) is 102 Å². The van der Waals surface area contributed by atoms with Crippen LogP contribution in [-0.4, -0.2) is 52.4 Å². The monoisotopic (exact) mass is 410 g/mol. The Balaban J connectivity index is 2.05. The van der Waals surface area contributed by atoms with Gasteiger partial charge in [-0.05, 0) is 42.5 Å². The third-order valence-electron chi connectivity index (χ3n) is 3.64. The van der Waals surface area contributed by atoms with E-state index >= 15 is 0 Å². The number of sulfonamides is 1. The molecule has 10 heteroatoms. The smallest absolute Gasteiger partial charge is 0.341 e. The van der Waals surface area contributed by atoms with Crippen LogP contribution in [0, 0.1) is 5.82 Å². The van der Waals surface area contributed by atoms with Crippen LogP contribution in [0.2, 0.25) is 0 Å². The molecule has 150 valence electrons. The minimum atomic E-state index is -3.86. The van der Waals surface area contributed by atoms with Gasteiger partial charge in [0.05, 0.1) is 17.6 Å². The van der Waals surface area contributed by atoms with Gasteiger partial charge in [-0.1, -0.05) is 0 Å². The van der Waals surface area contributed by atoms with Crippen molar-refractivity contribution in [2.75, 3.05) is 33.1 Å². The normalized spacial score (nSPS) is 11.2. The number of benzene rings is 2. The van der Waals surface area contributed by atoms with E-state index in [9.17, 15) is 22.4 Å². The first-order chi connectivity index (χ1) is 13.1. The highest BCUT2D eigenvalue weighted by Crippen LogP contribution is 2.19. The first-order valence-corrected chi connectivity index (χ1v) is 9.42. The fourth-order valence-electron chi connectivity index (χ4n) is 2.11. The first-order valence-electron chi connectivity index (χ1n) is 7.98. The van der Waals surface area contributed by atoms with Gasteiger partial charge in [-0.3, -0.25) is 4.79 Å². The second-order valence-electron chi connectivity index (χ2n) is 5.78. The fourth-order valence-corrected chi connectivity index (χ4v) is 3.04. The van der Waals surface area contributed by atoms with Gasteiger partial charge in [0.1, 0.15) is 11.6 Å². The number of carbonyl (C=O) groups is 2. The lowest BCUT2D eigenvalue weighted by Crippen LogP contribution is -2.23. The van der Waals surface area contributed by atoms with Crippen molar-refractivity contribution in [1.82, 2.24) is 4.31 Å². The second-order valence-corrected chi connectivity index (χ2v) is 7.93. The van der Waals surface area contributed by atoms with E-state index in [0.717, 1.165) is 22.5 Å². The molecule has 2 rings (SSSR count). The first kappa shape index (κ1) is 21.3. The molecular formula is C18H19FN2O6S. The molecule has 0 unspecified atom stereocenters. The van der Waals surface area contributed by atoms with Crippen molar-refractivity contribution in [1.29, 1.82) is 0 Å². The van der Waals surface area contributed by atoms with E-state index in [1.165, 1.54) is 21.2 Å². The number of ether oxygens (including phenoxy) is 2. The summed E-state index contributed by atoms with van der Waals surface area (Å²) in [6.45, 7) is -0.672. The molecule has 2 aromatic carbocycles. The van der Waals surface area contributed by atoms with Gasteiger partial charge in [0.25, 0.3) is 5.91 Å². The third kappa shape index (κ3) is 5.05. The van der Waals surface area contributed by atoms with E-state index in [1.54, 1.807) is 24.3 Å². The summed E-state index contributed by atoms with van der Waals surface area (Å²) in [7, 11) is 0.258. The van der Waals surface area contributed by atoms with E-state index in [4.69, 9.17) is 9.47 Å². The summed E-state index contributed by atoms with van der Waals surface area (Å²) in [6.07, 6.45) is 0. The Labute approximate surface area is 161 Å². The summed E-state index contributed by atoms with van der Waals surface area (Å²) in [6, 6.07) is 9.21. The highest BCUT2D eigenvalue weighted by atomic mass is 32.2. The summed E-state index contributed by atoms with van der Waals surface area (Å²) in [5, 5.41) is 2.50. The number of amides is 1. The number of rotatable bonds is 7. The standard InChI is InChI=1S/C18H19FN2O6S/c1-21(2)28(24,25)14-8-9-16(19)15(10-14)18(23)27-11-17(22)20-12-4-6-13(26-3)7-5-12/h4-10H,11H2,1-3H3,(H,20,22). The number of anilines is 1. The molecule has 2 aromatic rings. The third-order valence-corrected chi connectivity index (χ3v) is 5.46. The lowest BCUT2D eigenvalue weighted by Gasteiger charge is -2.12. The number of esters is 1. The quantitative estimate of drug-likeness (QED) is 0.700. The van der Waals surface area contributed by atoms with E-state index in [0.29, 0.717) is 11.4 Å². The Morgan fingerprint density at radius 1 is 1.11 bits per heavy atom. The Hall–Kier alpha value is -2.98. The van der Waals surface area contributed by atoms with Crippen LogP contribution in [0.15, 0.2) is 47.4 Å². The Morgan fingerprint density at radius 3 is 2.32 bits per heavy atom. The molecule has 0 aromatic heterocycles. The molecule has 0 saturated heterocycles. The van der Waals surface area contributed by atoms with Crippen LogP contribution >= 0.6 is 0 Å². The highest BCUT2D eigenvalue weighted by Gasteiger charge is 2.22. The van der Waals surface area contributed by atoms with Crippen molar-refractivity contribution < 1.29 is 31.9 Å². The summed E-state index contributed by atoms with van der Waals surface area (Å²) in [5.74, 6) is -2.15. The van der Waals surface area contributed by atoms with E-state index in [2.05, 4.69) is 5.32 Å². The molecule has 0 aliphatic carbocycles. The molecule has 0 saturated carbocycles. The minimum absolute atomic E-state index is 0.270. The van der Waals surface area contributed by atoms with Gasteiger partial charge in [-0.25, -0.2) is 21.9 Å². The number of carbonyl (C=O) groups excluding carboxylic acids is 2. The largest absolute Gasteiger partial charge is 0.497 e. The molecular weight excluding hydrogens is 391 g/mol. The summed E-state index contributed by atoms with van der Waals surface area (Å²) in [5.41, 5.74) is -0.132. The lowest BCUT2D eigenvalue weighted by atomic mass is 10.2. The predicted molar refractivity (Wildman–Crippen MR) is 99.2 cm³/mol. The number of nitrogens with zero attached hydrogens (tertiary/aromatic N) is 1. The van der Waals surface area contributed by atoms with E-state index in [-0.39, 0.29) is 4.90 Å². The molecule has 0 heterocycles. The van der Waals surface area contributed by atoms with Gasteiger partial charge in [-0.2, -0.15) is 0 Å². The van der Waals surface area contributed by atoms with Crippen molar-refractivity contribution in [3.63, 3.8) is 0 Å². The van der Waals surface area contributed by atoms with Crippen LogP contribution in [-0.2, 0) is 19.6 Å². The maximum absolute atomic E-state index is 13.9. The molecule has 0 bridgehead atoms. The van der Waals surface area contributed by atoms with Crippen LogP contribution in [0.3, 0.4) is 0 Å². The molecule has 0 aliphatic heterocycles. The van der Waals surface area contributed by atoms with Gasteiger partial charge in [0.2, 0.25) is 10.0 Å². The number of hydrogen-bond acceptors (Lipinski definition) is 6. The summed E-state index contributed by atoms with van der Waals surface area (Å²) in [4.78, 5) is 23.7. The number of hydrogen-bond donors (Lipinski definition) is 1. The van der Waals surface area contributed by atoms with Crippen molar-refractivity contribution in [2.45, 2.75) is 4.90 Å². The van der Waals surface area contributed by atoms with Crippen LogP contribution in [0.25, 0.3) is 0 Å². The summed E-state index contributed by atoms with van der Waals surface area (Å²) < 4.78 is 48.9. The molecule has 28 heavy (non-hydrogen) atoms. The van der Waals surface area contributed by atoms with Gasteiger partial charge in [0, 0.05) is 19.8 Å². The lowest BCUT2D eigenvalue weighted by molar-refractivity contribution is -0.119. The zero-order valence-corrected chi connectivity index (χ0v) is 16.2. The average molecular weight is 410 g/mol. The van der Waals surface area contributed by atoms with Crippen molar-refractivity contribution >= 4 is 27.6 Å². The Morgan fingerprint density at radius 2 is 1.75 bits per heavy atom. The SMILES string of the molecule is COc1ccc(NC(=O)COC(=O)c2cc(S(=O)(=O)N(C)C)ccc2F)cc1. The Bertz CT molecular complexity index is 974. The minimum Gasteiger partial charge on any atom is -0.497 e. The number of methoxy groups -OCH3 is 1. The van der Waals surface area contributed by atoms with Gasteiger partial charge < -0.3 is 14.8 Å². The van der Waals surface area contributed by atoms with Gasteiger partial charge >= 0.3 is 5.97 Å². The zero-order valence-electron chi connectivity index (χ0n) is 15.4. The van der Waals surface area contributed by atoms with Crippen LogP contribution in [0.1, 0.15) is 10.4 Å². The van der Waals surface area contributed by atoms with Crippen LogP contribution < -0.4 is 10.1 Å². The average Bonchev–Trinajstić information content (AvgIpc) is 2.66. The van der Waals surface area contributed by atoms with Crippen LogP contribution in [0.5, 0.6) is 5.75 Å². The Kier molecular flexibility index (Phi) is 6.71. The van der Waals surface area contributed by atoms with Crippen LogP contribution in [0.4, 0.5) is 10.1 Å². The molecule has 1 amide bonds. The number of halogens is 1. The molecule has 1 N–H and O–H groups in total. The highest BCUT2D eigenvalue weighted by molar-refractivity contribution is 7.89.